The first-order valence-electron chi connectivity index (χ1n) is 4.72. The third kappa shape index (κ3) is 3.48. The van der Waals surface area contributed by atoms with E-state index in [-0.39, 0.29) is 0 Å². The molecule has 0 aromatic carbocycles. The molecule has 2 nitrogen and oxygen atoms in total. The molecule has 0 aromatic rings. The number of amidine groups is 1. The van der Waals surface area contributed by atoms with Crippen LogP contribution in [0.25, 0.3) is 0 Å². The molecule has 1 aliphatic carbocycles. The molecule has 1 rings (SSSR count). The third-order valence-corrected chi connectivity index (χ3v) is 2.76. The van der Waals surface area contributed by atoms with Crippen LogP contribution in [0, 0.1) is 5.92 Å². The molecule has 2 N–H and O–H groups in total. The van der Waals surface area contributed by atoms with Crippen molar-refractivity contribution >= 4 is 18.5 Å². The summed E-state index contributed by atoms with van der Waals surface area (Å²) in [5.74, 6) is 2.06. The van der Waals surface area contributed by atoms with Gasteiger partial charge in [0.2, 0.25) is 0 Å². The van der Waals surface area contributed by atoms with Gasteiger partial charge in [-0.2, -0.15) is 12.6 Å². The van der Waals surface area contributed by atoms with Crippen LogP contribution in [0.2, 0.25) is 0 Å². The summed E-state index contributed by atoms with van der Waals surface area (Å²) in [6.07, 6.45) is 6.83. The number of nitrogens with zero attached hydrogens (tertiary/aromatic N) is 1. The van der Waals surface area contributed by atoms with Crippen LogP contribution >= 0.6 is 12.6 Å². The highest BCUT2D eigenvalue weighted by Gasteiger charge is 2.12. The predicted molar refractivity (Wildman–Crippen MR) is 56.9 cm³/mol. The van der Waals surface area contributed by atoms with Crippen molar-refractivity contribution in [3.8, 4) is 0 Å². The average molecular weight is 186 g/mol. The second kappa shape index (κ2) is 5.46. The second-order valence-corrected chi connectivity index (χ2v) is 3.81. The molecule has 0 heterocycles. The molecule has 12 heavy (non-hydrogen) atoms. The quantitative estimate of drug-likeness (QED) is 0.394. The van der Waals surface area contributed by atoms with Crippen molar-refractivity contribution in [2.45, 2.75) is 32.1 Å². The lowest BCUT2D eigenvalue weighted by molar-refractivity contribution is 0.367. The minimum absolute atomic E-state index is 0.590. The Morgan fingerprint density at radius 2 is 2.00 bits per heavy atom. The highest BCUT2D eigenvalue weighted by atomic mass is 32.1. The number of rotatable bonds is 3. The lowest BCUT2D eigenvalue weighted by Crippen LogP contribution is -2.17. The summed E-state index contributed by atoms with van der Waals surface area (Å²) < 4.78 is 0. The molecule has 0 unspecified atom stereocenters. The minimum Gasteiger partial charge on any atom is -0.387 e. The van der Waals surface area contributed by atoms with E-state index in [9.17, 15) is 0 Å². The SMILES string of the molecule is NC(CS)=NCC1CCCCC1. The van der Waals surface area contributed by atoms with Gasteiger partial charge >= 0.3 is 0 Å². The van der Waals surface area contributed by atoms with Crippen LogP contribution in [-0.2, 0) is 0 Å². The van der Waals surface area contributed by atoms with Crippen LogP contribution in [0.4, 0.5) is 0 Å². The molecule has 0 spiro atoms. The summed E-state index contributed by atoms with van der Waals surface area (Å²) in [6, 6.07) is 0. The van der Waals surface area contributed by atoms with Gasteiger partial charge in [0, 0.05) is 12.3 Å². The summed E-state index contributed by atoms with van der Waals surface area (Å²) in [6.45, 7) is 0.923. The van der Waals surface area contributed by atoms with Crippen LogP contribution in [0.15, 0.2) is 4.99 Å². The molecular weight excluding hydrogens is 168 g/mol. The molecule has 1 aliphatic rings. The highest BCUT2D eigenvalue weighted by Crippen LogP contribution is 2.23. The van der Waals surface area contributed by atoms with E-state index in [4.69, 9.17) is 5.73 Å². The van der Waals surface area contributed by atoms with Gasteiger partial charge in [-0.1, -0.05) is 19.3 Å². The lowest BCUT2D eigenvalue weighted by Gasteiger charge is -2.19. The standard InChI is InChI=1S/C9H18N2S/c10-9(7-12)11-6-8-4-2-1-3-5-8/h8,12H,1-7H2,(H2,10,11). The summed E-state index contributed by atoms with van der Waals surface area (Å²) in [7, 11) is 0. The largest absolute Gasteiger partial charge is 0.387 e. The van der Waals surface area contributed by atoms with Crippen LogP contribution in [-0.4, -0.2) is 18.1 Å². The number of hydrogen-bond donors (Lipinski definition) is 2. The smallest absolute Gasteiger partial charge is 0.103 e. The van der Waals surface area contributed by atoms with Crippen molar-refractivity contribution < 1.29 is 0 Å². The van der Waals surface area contributed by atoms with E-state index in [0.717, 1.165) is 12.5 Å². The van der Waals surface area contributed by atoms with Gasteiger partial charge in [0.1, 0.15) is 5.84 Å². The van der Waals surface area contributed by atoms with E-state index in [1.165, 1.54) is 32.1 Å². The molecule has 0 radical (unpaired) electrons. The van der Waals surface area contributed by atoms with E-state index in [1.54, 1.807) is 0 Å². The Kier molecular flexibility index (Phi) is 4.51. The van der Waals surface area contributed by atoms with Crippen LogP contribution < -0.4 is 5.73 Å². The van der Waals surface area contributed by atoms with E-state index in [2.05, 4.69) is 17.6 Å². The zero-order chi connectivity index (χ0) is 8.81. The van der Waals surface area contributed by atoms with Gasteiger partial charge in [0.05, 0.1) is 0 Å². The molecule has 1 fully saturated rings. The van der Waals surface area contributed by atoms with E-state index in [1.807, 2.05) is 0 Å². The number of aliphatic imine (C=N–C) groups is 1. The second-order valence-electron chi connectivity index (χ2n) is 3.49. The van der Waals surface area contributed by atoms with Gasteiger partial charge < -0.3 is 5.73 Å². The Morgan fingerprint density at radius 3 is 2.58 bits per heavy atom. The predicted octanol–water partition coefficient (Wildman–Crippen LogP) is 1.85. The van der Waals surface area contributed by atoms with Crippen molar-refractivity contribution in [3.05, 3.63) is 0 Å². The van der Waals surface area contributed by atoms with Gasteiger partial charge in [-0.25, -0.2) is 0 Å². The summed E-state index contributed by atoms with van der Waals surface area (Å²) in [5.41, 5.74) is 5.56. The molecule has 0 amide bonds. The Labute approximate surface area is 80.0 Å². The maximum absolute atomic E-state index is 5.56. The molecule has 70 valence electrons. The fourth-order valence-electron chi connectivity index (χ4n) is 1.67. The van der Waals surface area contributed by atoms with E-state index in [0.29, 0.717) is 11.6 Å². The maximum atomic E-state index is 5.56. The first kappa shape index (κ1) is 9.90. The van der Waals surface area contributed by atoms with E-state index < -0.39 is 0 Å². The van der Waals surface area contributed by atoms with E-state index >= 15 is 0 Å². The van der Waals surface area contributed by atoms with Gasteiger partial charge in [0.15, 0.2) is 0 Å². The third-order valence-electron chi connectivity index (χ3n) is 2.44. The molecule has 0 aromatic heterocycles. The number of hydrogen-bond acceptors (Lipinski definition) is 2. The van der Waals surface area contributed by atoms with Crippen molar-refractivity contribution in [2.75, 3.05) is 12.3 Å². The Bertz CT molecular complexity index is 151. The molecule has 0 aliphatic heterocycles. The minimum atomic E-state index is 0.590. The molecule has 0 saturated heterocycles. The average Bonchev–Trinajstić information content (AvgIpc) is 2.16. The number of thiol groups is 1. The molecule has 3 heteroatoms. The molecule has 0 atom stereocenters. The first-order chi connectivity index (χ1) is 5.83. The molecular formula is C9H18N2S. The van der Waals surface area contributed by atoms with Gasteiger partial charge in [-0.15, -0.1) is 0 Å². The van der Waals surface area contributed by atoms with Gasteiger partial charge in [0.25, 0.3) is 0 Å². The Balaban J connectivity index is 2.21. The van der Waals surface area contributed by atoms with Crippen LogP contribution in [0.5, 0.6) is 0 Å². The Morgan fingerprint density at radius 1 is 1.33 bits per heavy atom. The normalized spacial score (nSPS) is 21.2. The zero-order valence-corrected chi connectivity index (χ0v) is 8.39. The lowest BCUT2D eigenvalue weighted by atomic mass is 9.89. The topological polar surface area (TPSA) is 38.4 Å². The summed E-state index contributed by atoms with van der Waals surface area (Å²) in [5, 5.41) is 0. The van der Waals surface area contributed by atoms with Crippen molar-refractivity contribution in [2.24, 2.45) is 16.6 Å². The number of nitrogens with two attached hydrogens (primary N) is 1. The van der Waals surface area contributed by atoms with Crippen molar-refractivity contribution in [3.63, 3.8) is 0 Å². The van der Waals surface area contributed by atoms with Gasteiger partial charge in [-0.3, -0.25) is 4.99 Å². The zero-order valence-electron chi connectivity index (χ0n) is 7.50. The summed E-state index contributed by atoms with van der Waals surface area (Å²) in [4.78, 5) is 4.28. The van der Waals surface area contributed by atoms with Crippen molar-refractivity contribution in [1.82, 2.24) is 0 Å². The molecule has 1 saturated carbocycles. The fraction of sp³-hybridized carbons (Fsp3) is 0.889. The summed E-state index contributed by atoms with van der Waals surface area (Å²) >= 11 is 4.06. The highest BCUT2D eigenvalue weighted by molar-refractivity contribution is 7.81. The monoisotopic (exact) mass is 186 g/mol. The van der Waals surface area contributed by atoms with Crippen LogP contribution in [0.1, 0.15) is 32.1 Å². The fourth-order valence-corrected chi connectivity index (χ4v) is 1.77. The maximum Gasteiger partial charge on any atom is 0.103 e. The first-order valence-corrected chi connectivity index (χ1v) is 5.36. The molecule has 0 bridgehead atoms. The van der Waals surface area contributed by atoms with Crippen molar-refractivity contribution in [1.29, 1.82) is 0 Å². The Hall–Kier alpha value is -0.180. The van der Waals surface area contributed by atoms with Gasteiger partial charge in [-0.05, 0) is 18.8 Å². The van der Waals surface area contributed by atoms with Crippen LogP contribution in [0.3, 0.4) is 0 Å².